The van der Waals surface area contributed by atoms with Crippen LogP contribution in [0.2, 0.25) is 0 Å². The van der Waals surface area contributed by atoms with Gasteiger partial charge in [0.15, 0.2) is 0 Å². The molecule has 10 rings (SSSR count). The van der Waals surface area contributed by atoms with Gasteiger partial charge in [-0.1, -0.05) is 105 Å². The van der Waals surface area contributed by atoms with Gasteiger partial charge in [-0.15, -0.1) is 0 Å². The second kappa shape index (κ2) is 21.8. The topological polar surface area (TPSA) is 87.7 Å². The van der Waals surface area contributed by atoms with Crippen LogP contribution in [-0.4, -0.2) is 32.1 Å². The molecule has 10 aromatic rings. The van der Waals surface area contributed by atoms with Gasteiger partial charge in [0.1, 0.15) is 0 Å². The molecule has 4 N–H and O–H groups in total. The first-order valence-electron chi connectivity index (χ1n) is 25.9. The minimum absolute atomic E-state index is 0.263. The van der Waals surface area contributed by atoms with E-state index in [4.69, 9.17) is 19.4 Å². The summed E-state index contributed by atoms with van der Waals surface area (Å²) in [6.45, 7) is 15.9. The molecular formula is C56H68N6S6Se. The maximum absolute atomic E-state index is 7.23. The molecule has 0 radical (unpaired) electrons. The molecule has 69 heavy (non-hydrogen) atoms. The molecule has 0 saturated heterocycles. The van der Waals surface area contributed by atoms with Gasteiger partial charge in [0.25, 0.3) is 0 Å². The molecule has 9 heterocycles. The predicted molar refractivity (Wildman–Crippen MR) is 314 cm³/mol. The number of anilines is 2. The standard InChI is InChI=1S/C56H68N6S6Se/c1-7-11-15-19-23-35-29-37-53(63-35)55-39(61(37)25-21-17-13-9-3)31-43(67-55)51-33(5)27-41(65-51)45-47(57)48(58)46(50-49(45)59-69-60-50)42-28-34(6)52(66-42)44-32-40-56(68-44)54-38(62(40)26-22-18-14-10-4)30-36(64-54)24-20-16-12-8-2/h27-32H,7-26,57-58H2,1-6H3. The molecular weight excluding hydrogens is 1030 g/mol. The van der Waals surface area contributed by atoms with Crippen LogP contribution in [0, 0.1) is 13.8 Å². The number of fused-ring (bicyclic) bond motifs is 7. The van der Waals surface area contributed by atoms with E-state index >= 15 is 0 Å². The van der Waals surface area contributed by atoms with Crippen LogP contribution in [0.15, 0.2) is 36.4 Å². The molecule has 6 nitrogen and oxygen atoms in total. The summed E-state index contributed by atoms with van der Waals surface area (Å²) in [5.41, 5.74) is 27.6. The van der Waals surface area contributed by atoms with Crippen LogP contribution in [0.25, 0.3) is 92.3 Å². The van der Waals surface area contributed by atoms with E-state index in [1.54, 1.807) is 0 Å². The Hall–Kier alpha value is -3.26. The average molecular weight is 1100 g/mol. The zero-order chi connectivity index (χ0) is 47.8. The van der Waals surface area contributed by atoms with Crippen molar-refractivity contribution in [1.29, 1.82) is 0 Å². The minimum Gasteiger partial charge on any atom is -0.0654 e. The Balaban J connectivity index is 0.980. The average Bonchev–Trinajstić information content (AvgIpc) is 4.20. The molecule has 13 heteroatoms. The molecule has 9 aromatic heterocycles. The van der Waals surface area contributed by atoms with Crippen molar-refractivity contribution < 1.29 is 0 Å². The number of nitrogens with zero attached hydrogens (tertiary/aromatic N) is 4. The van der Waals surface area contributed by atoms with Gasteiger partial charge in [0, 0.05) is 0 Å². The van der Waals surface area contributed by atoms with Crippen LogP contribution in [0.5, 0.6) is 0 Å². The van der Waals surface area contributed by atoms with E-state index in [0.717, 1.165) is 45.0 Å². The van der Waals surface area contributed by atoms with Crippen molar-refractivity contribution >= 4 is 146 Å². The van der Waals surface area contributed by atoms with E-state index in [1.807, 2.05) is 68.0 Å². The Morgan fingerprint density at radius 1 is 0.435 bits per heavy atom. The fraction of sp³-hybridized carbons (Fsp3) is 0.464. The number of nitrogens with two attached hydrogens (primary N) is 2. The van der Waals surface area contributed by atoms with Crippen LogP contribution >= 0.6 is 68.0 Å². The Labute approximate surface area is 439 Å². The second-order valence-electron chi connectivity index (χ2n) is 19.3. The van der Waals surface area contributed by atoms with Crippen molar-refractivity contribution in [1.82, 2.24) is 17.1 Å². The van der Waals surface area contributed by atoms with E-state index in [9.17, 15) is 0 Å². The van der Waals surface area contributed by atoms with Gasteiger partial charge in [-0.25, -0.2) is 0 Å². The third-order valence-corrected chi connectivity index (χ3v) is 23.0. The number of aryl methyl sites for hydroxylation is 6. The first-order chi connectivity index (χ1) is 33.7. The monoisotopic (exact) mass is 1100 g/mol. The third kappa shape index (κ3) is 9.62. The Bertz CT molecular complexity index is 3150. The van der Waals surface area contributed by atoms with E-state index in [-0.39, 0.29) is 15.0 Å². The Morgan fingerprint density at radius 3 is 1.22 bits per heavy atom. The summed E-state index contributed by atoms with van der Waals surface area (Å²) in [4.78, 5) is 10.6. The summed E-state index contributed by atoms with van der Waals surface area (Å²) in [5, 5.41) is 0. The number of aromatic nitrogens is 4. The van der Waals surface area contributed by atoms with Crippen LogP contribution in [0.3, 0.4) is 0 Å². The molecule has 0 spiro atoms. The predicted octanol–water partition coefficient (Wildman–Crippen LogP) is 19.1. The summed E-state index contributed by atoms with van der Waals surface area (Å²) < 4.78 is 21.3. The maximum atomic E-state index is 7.23. The van der Waals surface area contributed by atoms with Gasteiger partial charge in [0.05, 0.1) is 0 Å². The number of hydrogen-bond donors (Lipinski definition) is 2. The van der Waals surface area contributed by atoms with Gasteiger partial charge in [0.2, 0.25) is 0 Å². The fourth-order valence-electron chi connectivity index (χ4n) is 10.4. The van der Waals surface area contributed by atoms with Crippen LogP contribution in [-0.2, 0) is 25.9 Å². The number of unbranched alkanes of at least 4 members (excludes halogenated alkanes) is 12. The number of rotatable bonds is 24. The summed E-state index contributed by atoms with van der Waals surface area (Å²) in [5.74, 6) is 0. The first-order valence-corrected chi connectivity index (χ1v) is 32.3. The molecule has 0 bridgehead atoms. The zero-order valence-corrected chi connectivity index (χ0v) is 48.0. The molecule has 0 aliphatic heterocycles. The SMILES string of the molecule is CCCCCCc1cc2c(s1)c1sc(-c3sc(-c4c(N)c(N)c(-c5cc(C)c(-c6cc7c(s6)c6sc(CCCCCC)cc6n7CCCCCC)s5)c5n[se]nc45)cc3C)cc1n2CCCCCC. The minimum atomic E-state index is -0.263. The van der Waals surface area contributed by atoms with E-state index in [0.29, 0.717) is 11.4 Å². The molecule has 364 valence electrons. The van der Waals surface area contributed by atoms with Gasteiger partial charge < -0.3 is 0 Å². The van der Waals surface area contributed by atoms with Gasteiger partial charge >= 0.3 is 312 Å². The summed E-state index contributed by atoms with van der Waals surface area (Å²) >= 11 is 11.4. The molecule has 0 unspecified atom stereocenters. The Morgan fingerprint density at radius 2 is 0.812 bits per heavy atom. The van der Waals surface area contributed by atoms with E-state index < -0.39 is 0 Å². The van der Waals surface area contributed by atoms with Crippen molar-refractivity contribution in [2.24, 2.45) is 0 Å². The number of nitrogen functional groups attached to an aromatic ring is 2. The van der Waals surface area contributed by atoms with Gasteiger partial charge in [-0.2, -0.15) is 0 Å². The van der Waals surface area contributed by atoms with Gasteiger partial charge in [-0.3, -0.25) is 0 Å². The molecule has 0 aliphatic carbocycles. The Kier molecular flexibility index (Phi) is 15.6. The molecule has 1 aromatic carbocycles. The molecule has 0 amide bonds. The van der Waals surface area contributed by atoms with Gasteiger partial charge in [-0.05, 0) is 25.7 Å². The number of benzene rings is 1. The molecule has 0 aliphatic rings. The summed E-state index contributed by atoms with van der Waals surface area (Å²) in [7, 11) is 0. The normalized spacial score (nSPS) is 12.3. The number of hydrogen-bond acceptors (Lipinski definition) is 10. The van der Waals surface area contributed by atoms with Crippen LogP contribution < -0.4 is 11.5 Å². The smallest absolute Gasteiger partial charge is 0.0654 e. The van der Waals surface area contributed by atoms with Crippen molar-refractivity contribution in [3.63, 3.8) is 0 Å². The number of thiophene rings is 6. The second-order valence-corrected chi connectivity index (χ2v) is 26.9. The molecule has 0 saturated carbocycles. The molecule has 0 fully saturated rings. The first kappa shape index (κ1) is 49.3. The van der Waals surface area contributed by atoms with Crippen molar-refractivity contribution in [3.05, 3.63) is 57.3 Å². The van der Waals surface area contributed by atoms with Crippen molar-refractivity contribution in [2.75, 3.05) is 11.5 Å². The third-order valence-electron chi connectivity index (χ3n) is 14.1. The van der Waals surface area contributed by atoms with Crippen LogP contribution in [0.1, 0.15) is 151 Å². The summed E-state index contributed by atoms with van der Waals surface area (Å²) in [6.07, 6.45) is 22.9. The quantitative estimate of drug-likeness (QED) is 0.0358. The van der Waals surface area contributed by atoms with Crippen molar-refractivity contribution in [2.45, 2.75) is 170 Å². The zero-order valence-electron chi connectivity index (χ0n) is 41.4. The van der Waals surface area contributed by atoms with E-state index in [1.165, 1.54) is 197 Å². The van der Waals surface area contributed by atoms with E-state index in [2.05, 4.69) is 87.1 Å². The fourth-order valence-corrected chi connectivity index (χ4v) is 19.4. The van der Waals surface area contributed by atoms with Crippen molar-refractivity contribution in [3.8, 4) is 40.4 Å². The molecule has 0 atom stereocenters. The van der Waals surface area contributed by atoms with Crippen LogP contribution in [0.4, 0.5) is 11.4 Å². The summed E-state index contributed by atoms with van der Waals surface area (Å²) in [6, 6.07) is 14.6.